The molecular weight excluding hydrogens is 1070 g/mol. The summed E-state index contributed by atoms with van der Waals surface area (Å²) in [6, 6.07) is 53.5. The topological polar surface area (TPSA) is 50.9 Å². The number of phenolic OH excluding ortho intramolecular Hbond substituents is 1. The van der Waals surface area contributed by atoms with Gasteiger partial charge in [0.2, 0.25) is 0 Å². The largest absolute Gasteiger partial charge is 0.507 e. The molecule has 73 heavy (non-hydrogen) atoms. The Kier molecular flexibility index (Phi) is 8.31. The molecule has 1 N–H and O–H groups in total. The minimum atomic E-state index is -4.26. The first kappa shape index (κ1) is 30.8. The van der Waals surface area contributed by atoms with Crippen molar-refractivity contribution in [1.29, 1.82) is 0 Å². The molecule has 2 heterocycles. The third-order valence-electron chi connectivity index (χ3n) is 13.0. The quantitative estimate of drug-likeness (QED) is 0.154. The van der Waals surface area contributed by atoms with E-state index < -0.39 is 92.5 Å². The van der Waals surface area contributed by atoms with Crippen LogP contribution in [0.2, 0.25) is 0 Å². The summed E-state index contributed by atoms with van der Waals surface area (Å²) < 4.78 is 189. The molecule has 0 spiro atoms. The van der Waals surface area contributed by atoms with Crippen LogP contribution in [0.4, 0.5) is 0 Å². The molecule has 368 valence electrons. The van der Waals surface area contributed by atoms with E-state index in [2.05, 4.69) is 6.07 Å². The van der Waals surface area contributed by atoms with Gasteiger partial charge >= 0.3 is 0 Å². The Morgan fingerprint density at radius 3 is 1.89 bits per heavy atom. The van der Waals surface area contributed by atoms with E-state index in [-0.39, 0.29) is 55.0 Å². The minimum Gasteiger partial charge on any atom is -0.507 e. The van der Waals surface area contributed by atoms with E-state index >= 15 is 0 Å². The summed E-state index contributed by atoms with van der Waals surface area (Å²) in [4.78, 5) is 9.91. The van der Waals surface area contributed by atoms with Crippen molar-refractivity contribution in [2.45, 2.75) is 91.9 Å². The Morgan fingerprint density at radius 2 is 1.19 bits per heavy atom. The summed E-state index contributed by atoms with van der Waals surface area (Å²) in [5.74, 6) is -2.18. The van der Waals surface area contributed by atoms with E-state index in [0.717, 1.165) is 38.9 Å². The van der Waals surface area contributed by atoms with Crippen LogP contribution in [0.15, 0.2) is 182 Å². The van der Waals surface area contributed by atoms with Gasteiger partial charge in [0.25, 0.3) is 0 Å². The second-order valence-corrected chi connectivity index (χ2v) is 19.3. The molecule has 0 saturated carbocycles. The SMILES string of the molecule is [2H]C([2H])([2H])c1cc(-c2c(-c3ccccc3)cccc2C(C)(C)C)ccc1-n1c(-c2cc(C(C([2H])([2H])[2H])(C([2H])([2H])[2H])C([2H])([2H])[2H])cc(C(C([2H])([2H])[2H])(C([2H])([2H])[2H])C([2H])([2H])[2H])c2O)nc2c(-c3[c-]c(-c4cc(-c5ccc(C)cc5)ccn4)cc(-c4ccccc4)c3)cccc21.[Pt]. The summed E-state index contributed by atoms with van der Waals surface area (Å²) in [5, 5.41) is 13.2. The maximum atomic E-state index is 13.2. The van der Waals surface area contributed by atoms with Gasteiger partial charge in [-0.05, 0) is 116 Å². The fraction of sp³-hybridized carbons (Fsp3) is 0.206. The molecule has 2 aromatic heterocycles. The third-order valence-corrected chi connectivity index (χ3v) is 13.0. The molecule has 0 bridgehead atoms. The molecule has 8 aromatic carbocycles. The zero-order chi connectivity index (χ0) is 68.2. The fourth-order valence-electron chi connectivity index (χ4n) is 9.44. The van der Waals surface area contributed by atoms with Gasteiger partial charge in [0.05, 0.1) is 22.3 Å². The first-order valence-corrected chi connectivity index (χ1v) is 23.5. The van der Waals surface area contributed by atoms with Gasteiger partial charge in [0.15, 0.2) is 0 Å². The predicted molar refractivity (Wildman–Crippen MR) is 303 cm³/mol. The smallest absolute Gasteiger partial charge is 0.148 e. The van der Waals surface area contributed by atoms with E-state index in [9.17, 15) is 9.22 Å². The Morgan fingerprint density at radius 1 is 0.534 bits per heavy atom. The van der Waals surface area contributed by atoms with Crippen LogP contribution >= 0.6 is 0 Å². The second-order valence-electron chi connectivity index (χ2n) is 19.3. The molecule has 0 atom stereocenters. The molecular formula is C68H64N3OPt-. The predicted octanol–water partition coefficient (Wildman–Crippen LogP) is 18.1. The van der Waals surface area contributed by atoms with E-state index in [4.69, 9.17) is 34.6 Å². The van der Waals surface area contributed by atoms with Crippen molar-refractivity contribution in [3.05, 3.63) is 216 Å². The standard InChI is InChI=1S/C68H64N3O.Pt/c1-43-28-30-46(31-29-43)48-34-35-69-59(40-48)52-38-50(45-20-14-12-15-21-45)37-51(39-52)55-25-19-27-61-63(55)70-65(56-41-53(66(3,4)5)42-58(64(56)72)68(9,10)11)71(61)60-33-32-49(36-44(60)2)62-54(47-22-16-13-17-23-47)24-18-26-57(62)67(6,7)8;/h12-38,40-42,72H,1-11H3;/q-1;/i2D3,3D3,4D3,5D3,9D3,10D3,11D3;. The summed E-state index contributed by atoms with van der Waals surface area (Å²) in [5.41, 5.74) is -4.24. The second kappa shape index (κ2) is 19.7. The van der Waals surface area contributed by atoms with Crippen molar-refractivity contribution < 1.29 is 55.0 Å². The van der Waals surface area contributed by atoms with Crippen LogP contribution in [0.25, 0.3) is 95.0 Å². The van der Waals surface area contributed by atoms with E-state index in [0.29, 0.717) is 39.6 Å². The number of hydrogen-bond acceptors (Lipinski definition) is 3. The Labute approximate surface area is 476 Å². The first-order chi connectivity index (χ1) is 43.0. The molecule has 0 saturated heterocycles. The van der Waals surface area contributed by atoms with Crippen LogP contribution in [-0.4, -0.2) is 19.6 Å². The number of para-hydroxylation sites is 1. The van der Waals surface area contributed by atoms with E-state index in [1.165, 1.54) is 22.8 Å². The van der Waals surface area contributed by atoms with Gasteiger partial charge < -0.3 is 5.11 Å². The van der Waals surface area contributed by atoms with Crippen LogP contribution in [-0.2, 0) is 37.3 Å². The van der Waals surface area contributed by atoms with Crippen molar-refractivity contribution >= 4 is 11.0 Å². The molecule has 0 fully saturated rings. The van der Waals surface area contributed by atoms with Crippen LogP contribution in [0.5, 0.6) is 5.75 Å². The van der Waals surface area contributed by atoms with Gasteiger partial charge in [-0.3, -0.25) is 9.55 Å². The van der Waals surface area contributed by atoms with Gasteiger partial charge in [-0.15, -0.1) is 23.8 Å². The summed E-state index contributed by atoms with van der Waals surface area (Å²) in [6.45, 7) is -20.2. The van der Waals surface area contributed by atoms with Crippen molar-refractivity contribution in [2.75, 3.05) is 0 Å². The van der Waals surface area contributed by atoms with Crippen molar-refractivity contribution in [3.8, 4) is 89.7 Å². The summed E-state index contributed by atoms with van der Waals surface area (Å²) in [7, 11) is 0. The number of imidazole rings is 1. The molecule has 4 nitrogen and oxygen atoms in total. The molecule has 0 radical (unpaired) electrons. The molecule has 0 aliphatic carbocycles. The minimum absolute atomic E-state index is 0. The molecule has 10 aromatic rings. The maximum absolute atomic E-state index is 13.2. The van der Waals surface area contributed by atoms with Crippen LogP contribution in [0.3, 0.4) is 0 Å². The van der Waals surface area contributed by atoms with Crippen molar-refractivity contribution in [2.24, 2.45) is 0 Å². The Balaban J connectivity index is 0.0000104. The van der Waals surface area contributed by atoms with Crippen LogP contribution in [0, 0.1) is 19.8 Å². The summed E-state index contributed by atoms with van der Waals surface area (Å²) in [6.07, 6.45) is 1.66. The number of aryl methyl sites for hydroxylation is 2. The van der Waals surface area contributed by atoms with Crippen molar-refractivity contribution in [3.63, 3.8) is 0 Å². The molecule has 0 aliphatic heterocycles. The number of rotatable bonds is 8. The number of hydrogen-bond donors (Lipinski definition) is 1. The average molecular weight is 1160 g/mol. The third kappa shape index (κ3) is 10.0. The van der Waals surface area contributed by atoms with E-state index in [1.807, 2.05) is 149 Å². The monoisotopic (exact) mass is 1150 g/mol. The zero-order valence-corrected chi connectivity index (χ0v) is 42.7. The van der Waals surface area contributed by atoms with Gasteiger partial charge in [-0.2, -0.15) is 0 Å². The average Bonchev–Trinajstić information content (AvgIpc) is 0.804. The molecule has 5 heteroatoms. The number of pyridine rings is 1. The van der Waals surface area contributed by atoms with Gasteiger partial charge in [-0.1, -0.05) is 218 Å². The van der Waals surface area contributed by atoms with Crippen LogP contribution in [0.1, 0.15) is 118 Å². The van der Waals surface area contributed by atoms with Gasteiger partial charge in [-0.25, -0.2) is 4.98 Å². The van der Waals surface area contributed by atoms with Crippen molar-refractivity contribution in [1.82, 2.24) is 14.5 Å². The first-order valence-electron chi connectivity index (χ1n) is 34.0. The number of aromatic nitrogens is 3. The van der Waals surface area contributed by atoms with E-state index in [1.54, 1.807) is 30.5 Å². The number of benzene rings is 8. The Hall–Kier alpha value is -7.13. The Bertz CT molecular complexity index is 4390. The molecule has 0 amide bonds. The number of phenols is 1. The number of nitrogens with zero attached hydrogens (tertiary/aromatic N) is 3. The molecule has 0 aliphatic rings. The number of aromatic hydroxyl groups is 1. The van der Waals surface area contributed by atoms with Gasteiger partial charge in [0.1, 0.15) is 11.6 Å². The summed E-state index contributed by atoms with van der Waals surface area (Å²) >= 11 is 0. The maximum Gasteiger partial charge on any atom is 0.148 e. The normalized spacial score (nSPS) is 17.5. The fourth-order valence-corrected chi connectivity index (χ4v) is 9.44. The molecule has 0 unspecified atom stereocenters. The zero-order valence-electron chi connectivity index (χ0n) is 61.4. The number of fused-ring (bicyclic) bond motifs is 1. The van der Waals surface area contributed by atoms with Gasteiger partial charge in [0, 0.05) is 67.3 Å². The molecule has 10 rings (SSSR count). The van der Waals surface area contributed by atoms with Crippen LogP contribution < -0.4 is 0 Å².